The Bertz CT molecular complexity index is 737. The van der Waals surface area contributed by atoms with Crippen LogP contribution >= 0.6 is 0 Å². The quantitative estimate of drug-likeness (QED) is 0.612. The molecule has 2 heterocycles. The van der Waals surface area contributed by atoms with E-state index in [1.807, 2.05) is 33.9 Å². The van der Waals surface area contributed by atoms with Gasteiger partial charge in [0.2, 0.25) is 0 Å². The third kappa shape index (κ3) is 3.65. The maximum absolute atomic E-state index is 12.4. The first kappa shape index (κ1) is 20.1. The van der Waals surface area contributed by atoms with Gasteiger partial charge in [-0.1, -0.05) is 13.1 Å². The molecule has 1 aromatic rings. The summed E-state index contributed by atoms with van der Waals surface area (Å²) in [6.07, 6.45) is -1.88. The maximum atomic E-state index is 12.4. The van der Waals surface area contributed by atoms with Gasteiger partial charge in [0.1, 0.15) is 18.3 Å². The Balaban J connectivity index is 2.49. The van der Waals surface area contributed by atoms with Gasteiger partial charge in [-0.05, 0) is 27.7 Å². The van der Waals surface area contributed by atoms with E-state index in [1.165, 1.54) is 10.8 Å². The highest BCUT2D eigenvalue weighted by atomic mass is 28.3. The summed E-state index contributed by atoms with van der Waals surface area (Å²) < 4.78 is 13.0. The Morgan fingerprint density at radius 3 is 2.48 bits per heavy atom. The SMILES string of the molecule is Cc1cn([C@]2([SiH](C)C)O[C@H](COC(C)(C)C)[C@@H](O)[C@H]2O)c(=O)[nH]c1=O. The molecule has 0 amide bonds. The summed E-state index contributed by atoms with van der Waals surface area (Å²) in [5.74, 6) is 0. The van der Waals surface area contributed by atoms with Crippen LogP contribution in [0.3, 0.4) is 0 Å². The van der Waals surface area contributed by atoms with E-state index in [4.69, 9.17) is 9.47 Å². The van der Waals surface area contributed by atoms with Crippen molar-refractivity contribution in [3.8, 4) is 0 Å². The van der Waals surface area contributed by atoms with E-state index in [0.717, 1.165) is 0 Å². The number of nitrogens with one attached hydrogen (secondary N) is 1. The number of hydrogen-bond donors (Lipinski definition) is 3. The Kier molecular flexibility index (Phi) is 5.46. The van der Waals surface area contributed by atoms with Crippen molar-refractivity contribution in [3.63, 3.8) is 0 Å². The molecule has 1 aromatic heterocycles. The molecule has 2 rings (SSSR count). The lowest BCUT2D eigenvalue weighted by atomic mass is 10.1. The number of aliphatic hydroxyl groups is 2. The molecule has 1 fully saturated rings. The Hall–Kier alpha value is -1.26. The molecule has 1 saturated heterocycles. The van der Waals surface area contributed by atoms with Gasteiger partial charge in [0.15, 0.2) is 5.35 Å². The number of aromatic amines is 1. The number of H-pyrrole nitrogens is 1. The molecule has 0 unspecified atom stereocenters. The molecule has 0 saturated carbocycles. The van der Waals surface area contributed by atoms with Crippen LogP contribution in [0.4, 0.5) is 0 Å². The minimum absolute atomic E-state index is 0.0850. The fraction of sp³-hybridized carbons (Fsp3) is 0.750. The predicted molar refractivity (Wildman–Crippen MR) is 95.5 cm³/mol. The summed E-state index contributed by atoms with van der Waals surface area (Å²) in [6, 6.07) is 0. The van der Waals surface area contributed by atoms with Gasteiger partial charge < -0.3 is 19.7 Å². The third-order valence-corrected chi connectivity index (χ3v) is 6.88. The molecule has 0 aromatic carbocycles. The molecule has 3 N–H and O–H groups in total. The number of nitrogens with zero attached hydrogens (tertiary/aromatic N) is 1. The minimum Gasteiger partial charge on any atom is -0.387 e. The van der Waals surface area contributed by atoms with Crippen LogP contribution in [0.2, 0.25) is 13.1 Å². The lowest BCUT2D eigenvalue weighted by Crippen LogP contribution is -2.58. The van der Waals surface area contributed by atoms with Crippen molar-refractivity contribution in [1.82, 2.24) is 9.55 Å². The van der Waals surface area contributed by atoms with Crippen LogP contribution in [0.1, 0.15) is 26.3 Å². The van der Waals surface area contributed by atoms with Crippen molar-refractivity contribution in [2.24, 2.45) is 0 Å². The van der Waals surface area contributed by atoms with E-state index in [9.17, 15) is 19.8 Å². The van der Waals surface area contributed by atoms with Gasteiger partial charge in [-0.15, -0.1) is 0 Å². The summed E-state index contributed by atoms with van der Waals surface area (Å²) in [4.78, 5) is 26.3. The highest BCUT2D eigenvalue weighted by Gasteiger charge is 2.58. The predicted octanol–water partition coefficient (Wildman–Crippen LogP) is -0.541. The minimum atomic E-state index is -1.90. The number of rotatable bonds is 4. The second kappa shape index (κ2) is 6.80. The van der Waals surface area contributed by atoms with Crippen LogP contribution in [0, 0.1) is 6.92 Å². The number of ether oxygens (including phenoxy) is 2. The second-order valence-electron chi connectivity index (χ2n) is 7.86. The van der Waals surface area contributed by atoms with Gasteiger partial charge in [0.25, 0.3) is 5.56 Å². The zero-order chi connectivity index (χ0) is 19.2. The average molecular weight is 372 g/mol. The molecule has 142 valence electrons. The van der Waals surface area contributed by atoms with Crippen LogP contribution in [-0.4, -0.2) is 59.1 Å². The summed E-state index contributed by atoms with van der Waals surface area (Å²) in [5.41, 5.74) is -1.25. The highest BCUT2D eigenvalue weighted by molar-refractivity contribution is 6.58. The van der Waals surface area contributed by atoms with E-state index >= 15 is 0 Å². The van der Waals surface area contributed by atoms with E-state index in [0.29, 0.717) is 5.56 Å². The van der Waals surface area contributed by atoms with Crippen molar-refractivity contribution >= 4 is 8.80 Å². The maximum Gasteiger partial charge on any atom is 0.330 e. The van der Waals surface area contributed by atoms with E-state index in [1.54, 1.807) is 6.92 Å². The van der Waals surface area contributed by atoms with Crippen LogP contribution in [0.25, 0.3) is 0 Å². The molecular formula is C16H28N2O6Si. The normalized spacial score (nSPS) is 30.2. The largest absolute Gasteiger partial charge is 0.387 e. The summed E-state index contributed by atoms with van der Waals surface area (Å²) in [6.45, 7) is 11.1. The first-order chi connectivity index (χ1) is 11.4. The summed E-state index contributed by atoms with van der Waals surface area (Å²) in [7, 11) is -1.90. The van der Waals surface area contributed by atoms with Crippen LogP contribution < -0.4 is 11.2 Å². The molecule has 1 aliphatic rings. The smallest absolute Gasteiger partial charge is 0.330 e. The van der Waals surface area contributed by atoms with Gasteiger partial charge in [-0.25, -0.2) is 4.79 Å². The van der Waals surface area contributed by atoms with Crippen molar-refractivity contribution in [2.45, 2.75) is 70.1 Å². The average Bonchev–Trinajstić information content (AvgIpc) is 2.74. The zero-order valence-corrected chi connectivity index (χ0v) is 16.7. The fourth-order valence-corrected chi connectivity index (χ4v) is 5.15. The number of hydrogen-bond acceptors (Lipinski definition) is 6. The molecule has 4 atom stereocenters. The lowest BCUT2D eigenvalue weighted by molar-refractivity contribution is -0.121. The third-order valence-electron chi connectivity index (χ3n) is 4.47. The van der Waals surface area contributed by atoms with E-state index in [-0.39, 0.29) is 6.61 Å². The van der Waals surface area contributed by atoms with E-state index in [2.05, 4.69) is 4.98 Å². The van der Waals surface area contributed by atoms with Gasteiger partial charge in [0, 0.05) is 11.8 Å². The summed E-state index contributed by atoms with van der Waals surface area (Å²) in [5, 5.41) is 19.9. The second-order valence-corrected chi connectivity index (χ2v) is 11.0. The number of aromatic nitrogens is 2. The fourth-order valence-electron chi connectivity index (χ4n) is 3.08. The summed E-state index contributed by atoms with van der Waals surface area (Å²) >= 11 is 0. The molecule has 0 radical (unpaired) electrons. The number of aliphatic hydroxyl groups excluding tert-OH is 2. The molecule has 0 bridgehead atoms. The Morgan fingerprint density at radius 2 is 1.96 bits per heavy atom. The van der Waals surface area contributed by atoms with E-state index < -0.39 is 49.3 Å². The topological polar surface area (TPSA) is 114 Å². The van der Waals surface area contributed by atoms with Crippen LogP contribution in [-0.2, 0) is 14.8 Å². The van der Waals surface area contributed by atoms with Crippen molar-refractivity contribution in [1.29, 1.82) is 0 Å². The molecule has 9 heteroatoms. The molecule has 8 nitrogen and oxygen atoms in total. The molecule has 0 aliphatic carbocycles. The first-order valence-electron chi connectivity index (χ1n) is 8.41. The molecule has 1 aliphatic heterocycles. The highest BCUT2D eigenvalue weighted by Crippen LogP contribution is 2.37. The van der Waals surface area contributed by atoms with Crippen molar-refractivity contribution in [3.05, 3.63) is 32.6 Å². The Labute approximate surface area is 148 Å². The van der Waals surface area contributed by atoms with Gasteiger partial charge in [0.05, 0.1) is 21.0 Å². The molecule has 25 heavy (non-hydrogen) atoms. The molecule has 0 spiro atoms. The van der Waals surface area contributed by atoms with Crippen molar-refractivity contribution in [2.75, 3.05) is 6.61 Å². The van der Waals surface area contributed by atoms with Crippen LogP contribution in [0.5, 0.6) is 0 Å². The monoisotopic (exact) mass is 372 g/mol. The lowest BCUT2D eigenvalue weighted by Gasteiger charge is -2.37. The standard InChI is InChI=1S/C16H28N2O6Si/c1-9-7-18(14(22)17-13(9)21)16(25(5)6)12(20)11(19)10(24-16)8-23-15(2,3)4/h7,10-12,19-20,25H,8H2,1-6H3,(H,17,21,22)/t10-,11-,12-,16+/m1/s1. The van der Waals surface area contributed by atoms with Gasteiger partial charge in [-0.2, -0.15) is 0 Å². The zero-order valence-electron chi connectivity index (χ0n) is 15.6. The van der Waals surface area contributed by atoms with Crippen molar-refractivity contribution < 1.29 is 19.7 Å². The van der Waals surface area contributed by atoms with Gasteiger partial charge >= 0.3 is 5.69 Å². The van der Waals surface area contributed by atoms with Gasteiger partial charge in [-0.3, -0.25) is 14.3 Å². The number of aryl methyl sites for hydroxylation is 1. The first-order valence-corrected chi connectivity index (χ1v) is 11.3. The molecular weight excluding hydrogens is 344 g/mol. The van der Waals surface area contributed by atoms with Crippen LogP contribution in [0.15, 0.2) is 15.8 Å². The Morgan fingerprint density at radius 1 is 1.36 bits per heavy atom.